The highest BCUT2D eigenvalue weighted by Gasteiger charge is 2.26. The number of carbonyl (C=O) groups excluding carboxylic acids is 1. The molecule has 0 spiro atoms. The van der Waals surface area contributed by atoms with Gasteiger partial charge in [-0.25, -0.2) is 0 Å². The van der Waals surface area contributed by atoms with E-state index in [4.69, 9.17) is 0 Å². The van der Waals surface area contributed by atoms with Crippen LogP contribution in [0.3, 0.4) is 0 Å². The van der Waals surface area contributed by atoms with Crippen LogP contribution < -0.4 is 9.80 Å². The minimum absolute atomic E-state index is 0.00671. The van der Waals surface area contributed by atoms with Crippen LogP contribution in [0.15, 0.2) is 36.7 Å². The van der Waals surface area contributed by atoms with Gasteiger partial charge < -0.3 is 9.80 Å². The van der Waals surface area contributed by atoms with Gasteiger partial charge in [-0.1, -0.05) is 19.1 Å². The van der Waals surface area contributed by atoms with Gasteiger partial charge in [0.25, 0.3) is 0 Å². The summed E-state index contributed by atoms with van der Waals surface area (Å²) in [6.45, 7) is 3.97. The maximum atomic E-state index is 12.8. The highest BCUT2D eigenvalue weighted by atomic mass is 16.6. The van der Waals surface area contributed by atoms with Crippen molar-refractivity contribution in [3.05, 3.63) is 46.8 Å². The Morgan fingerprint density at radius 2 is 2.04 bits per heavy atom. The van der Waals surface area contributed by atoms with Crippen molar-refractivity contribution in [3.63, 3.8) is 0 Å². The minimum Gasteiger partial charge on any atom is -0.373 e. The van der Waals surface area contributed by atoms with Crippen molar-refractivity contribution < 1.29 is 9.72 Å². The molecular weight excluding hydrogens is 322 g/mol. The van der Waals surface area contributed by atoms with Gasteiger partial charge in [0, 0.05) is 33.1 Å². The highest BCUT2D eigenvalue weighted by molar-refractivity contribution is 5.97. The lowest BCUT2D eigenvalue weighted by Gasteiger charge is -2.24. The predicted octanol–water partition coefficient (Wildman–Crippen LogP) is 2.30. The molecule has 25 heavy (non-hydrogen) atoms. The van der Waals surface area contributed by atoms with E-state index < -0.39 is 4.92 Å². The van der Waals surface area contributed by atoms with E-state index in [1.807, 2.05) is 36.2 Å². The zero-order valence-electron chi connectivity index (χ0n) is 14.3. The lowest BCUT2D eigenvalue weighted by molar-refractivity contribution is -0.385. The van der Waals surface area contributed by atoms with Crippen molar-refractivity contribution >= 4 is 23.0 Å². The van der Waals surface area contributed by atoms with Gasteiger partial charge in [-0.05, 0) is 18.1 Å². The van der Waals surface area contributed by atoms with Crippen LogP contribution in [0.4, 0.5) is 17.1 Å². The number of nitrogens with zero attached hydrogens (tertiary/aromatic N) is 5. The molecule has 1 aromatic heterocycles. The molecule has 3 rings (SSSR count). The molecule has 1 aliphatic rings. The summed E-state index contributed by atoms with van der Waals surface area (Å²) in [5, 5.41) is 14.7. The summed E-state index contributed by atoms with van der Waals surface area (Å²) in [6, 6.07) is 7.88. The average molecular weight is 343 g/mol. The van der Waals surface area contributed by atoms with Crippen LogP contribution in [0.1, 0.15) is 13.3 Å². The second-order valence-corrected chi connectivity index (χ2v) is 6.45. The van der Waals surface area contributed by atoms with Crippen molar-refractivity contribution in [2.75, 3.05) is 29.9 Å². The molecule has 1 aromatic carbocycles. The molecule has 2 aromatic rings. The van der Waals surface area contributed by atoms with E-state index in [-0.39, 0.29) is 18.0 Å². The molecule has 0 saturated carbocycles. The molecule has 1 atom stereocenters. The number of aromatic nitrogens is 2. The molecule has 132 valence electrons. The number of benzene rings is 1. The van der Waals surface area contributed by atoms with E-state index in [0.717, 1.165) is 17.9 Å². The van der Waals surface area contributed by atoms with E-state index >= 15 is 0 Å². The molecule has 0 unspecified atom stereocenters. The number of para-hydroxylation sites is 2. The van der Waals surface area contributed by atoms with E-state index in [1.165, 1.54) is 17.1 Å². The average Bonchev–Trinajstić information content (AvgIpc) is 3.02. The van der Waals surface area contributed by atoms with Gasteiger partial charge >= 0.3 is 5.69 Å². The summed E-state index contributed by atoms with van der Waals surface area (Å²) in [7, 11) is 2.03. The number of amides is 1. The van der Waals surface area contributed by atoms with Crippen LogP contribution in [0.2, 0.25) is 0 Å². The van der Waals surface area contributed by atoms with Crippen molar-refractivity contribution in [1.29, 1.82) is 0 Å². The van der Waals surface area contributed by atoms with Crippen molar-refractivity contribution in [2.45, 2.75) is 19.9 Å². The Balaban J connectivity index is 1.75. The minimum atomic E-state index is -0.492. The molecule has 0 N–H and O–H groups in total. The number of aryl methyl sites for hydroxylation is 1. The quantitative estimate of drug-likeness (QED) is 0.628. The highest BCUT2D eigenvalue weighted by Crippen LogP contribution is 2.32. The number of nitro groups is 1. The standard InChI is InChI=1S/C17H21N5O3/c1-13-10-19(2)15-5-3-4-6-16(15)21(11-13)17(23)7-8-20-12-14(9-18-20)22(24)25/h3-6,9,12-13H,7-8,10-11H2,1-2H3/t13-/m0/s1. The molecule has 1 amide bonds. The molecule has 0 aliphatic carbocycles. The zero-order valence-corrected chi connectivity index (χ0v) is 14.3. The van der Waals surface area contributed by atoms with Crippen LogP contribution in [-0.2, 0) is 11.3 Å². The fourth-order valence-electron chi connectivity index (χ4n) is 3.20. The maximum absolute atomic E-state index is 12.8. The first-order chi connectivity index (χ1) is 12.0. The van der Waals surface area contributed by atoms with Crippen LogP contribution in [0.25, 0.3) is 0 Å². The van der Waals surface area contributed by atoms with Gasteiger partial charge in [-0.3, -0.25) is 19.6 Å². The lowest BCUT2D eigenvalue weighted by Crippen LogP contribution is -2.35. The number of hydrogen-bond donors (Lipinski definition) is 0. The number of anilines is 2. The molecule has 8 nitrogen and oxygen atoms in total. The normalized spacial score (nSPS) is 17.1. The van der Waals surface area contributed by atoms with Crippen molar-refractivity contribution in [3.8, 4) is 0 Å². The van der Waals surface area contributed by atoms with E-state index in [9.17, 15) is 14.9 Å². The third kappa shape index (κ3) is 3.62. The third-order valence-corrected chi connectivity index (χ3v) is 4.35. The fourth-order valence-corrected chi connectivity index (χ4v) is 3.20. The number of rotatable bonds is 4. The first-order valence-corrected chi connectivity index (χ1v) is 8.23. The number of fused-ring (bicyclic) bond motifs is 1. The first kappa shape index (κ1) is 16.9. The topological polar surface area (TPSA) is 84.5 Å². The van der Waals surface area contributed by atoms with Gasteiger partial charge in [0.15, 0.2) is 0 Å². The fraction of sp³-hybridized carbons (Fsp3) is 0.412. The van der Waals surface area contributed by atoms with Gasteiger partial charge in [0.1, 0.15) is 12.4 Å². The van der Waals surface area contributed by atoms with Crippen LogP contribution in [0.5, 0.6) is 0 Å². The molecule has 1 aliphatic heterocycles. The third-order valence-electron chi connectivity index (χ3n) is 4.35. The summed E-state index contributed by atoms with van der Waals surface area (Å²) in [5.74, 6) is 0.333. The Morgan fingerprint density at radius 1 is 1.32 bits per heavy atom. The van der Waals surface area contributed by atoms with Crippen molar-refractivity contribution in [2.24, 2.45) is 5.92 Å². The molecule has 8 heteroatoms. The second-order valence-electron chi connectivity index (χ2n) is 6.45. The maximum Gasteiger partial charge on any atom is 0.306 e. The zero-order chi connectivity index (χ0) is 18.0. The van der Waals surface area contributed by atoms with Gasteiger partial charge in [0.05, 0.1) is 16.3 Å². The van der Waals surface area contributed by atoms with Crippen molar-refractivity contribution in [1.82, 2.24) is 9.78 Å². The number of hydrogen-bond acceptors (Lipinski definition) is 5. The summed E-state index contributed by atoms with van der Waals surface area (Å²) in [6.07, 6.45) is 2.78. The summed E-state index contributed by atoms with van der Waals surface area (Å²) in [5.41, 5.74) is 1.88. The predicted molar refractivity (Wildman–Crippen MR) is 94.7 cm³/mol. The molecule has 0 radical (unpaired) electrons. The summed E-state index contributed by atoms with van der Waals surface area (Å²) >= 11 is 0. The van der Waals surface area contributed by atoms with Crippen LogP contribution in [0, 0.1) is 16.0 Å². The van der Waals surface area contributed by atoms with Gasteiger partial charge in [-0.2, -0.15) is 5.10 Å². The van der Waals surface area contributed by atoms with Crippen LogP contribution in [-0.4, -0.2) is 40.7 Å². The van der Waals surface area contributed by atoms with E-state index in [2.05, 4.69) is 16.9 Å². The van der Waals surface area contributed by atoms with E-state index in [0.29, 0.717) is 19.0 Å². The van der Waals surface area contributed by atoms with Gasteiger partial charge in [0.2, 0.25) is 5.91 Å². The smallest absolute Gasteiger partial charge is 0.306 e. The van der Waals surface area contributed by atoms with E-state index in [1.54, 1.807) is 0 Å². The monoisotopic (exact) mass is 343 g/mol. The molecule has 2 heterocycles. The summed E-state index contributed by atoms with van der Waals surface area (Å²) in [4.78, 5) is 27.0. The first-order valence-electron chi connectivity index (χ1n) is 8.23. The van der Waals surface area contributed by atoms with Gasteiger partial charge in [-0.15, -0.1) is 0 Å². The Hall–Kier alpha value is -2.90. The molecule has 0 bridgehead atoms. The Bertz CT molecular complexity index is 788. The Morgan fingerprint density at radius 3 is 2.72 bits per heavy atom. The van der Waals surface area contributed by atoms with Crippen LogP contribution >= 0.6 is 0 Å². The SMILES string of the molecule is C[C@H]1CN(C)c2ccccc2N(C(=O)CCn2cc([N+](=O)[O-])cn2)C1. The Kier molecular flexibility index (Phi) is 4.69. The largest absolute Gasteiger partial charge is 0.373 e. The molecule has 0 saturated heterocycles. The summed E-state index contributed by atoms with van der Waals surface area (Å²) < 4.78 is 1.44. The molecular formula is C17H21N5O3. The second kappa shape index (κ2) is 6.92. The lowest BCUT2D eigenvalue weighted by atomic mass is 10.1. The molecule has 0 fully saturated rings. The number of carbonyl (C=O) groups is 1. The Labute approximate surface area is 145 Å².